The average Bonchev–Trinajstić information content (AvgIpc) is 2.89. The van der Waals surface area contributed by atoms with Gasteiger partial charge in [0.1, 0.15) is 11.6 Å². The lowest BCUT2D eigenvalue weighted by atomic mass is 9.89. The van der Waals surface area contributed by atoms with Crippen LogP contribution < -0.4 is 0 Å². The zero-order valence-corrected chi connectivity index (χ0v) is 15.5. The van der Waals surface area contributed by atoms with Gasteiger partial charge in [-0.2, -0.15) is 0 Å². The normalized spacial score (nSPS) is 26.8. The number of amides is 2. The van der Waals surface area contributed by atoms with Gasteiger partial charge in [0.15, 0.2) is 5.67 Å². The van der Waals surface area contributed by atoms with Gasteiger partial charge in [0, 0.05) is 19.5 Å². The van der Waals surface area contributed by atoms with Gasteiger partial charge in [-0.15, -0.1) is 0 Å². The summed E-state index contributed by atoms with van der Waals surface area (Å²) in [6.07, 6.45) is -0.959. The third-order valence-electron chi connectivity index (χ3n) is 4.77. The molecule has 2 atom stereocenters. The molecule has 8 heteroatoms. The standard InChI is InChI=1S/C17H27FN2O5/c1-15(2,3)25-13(22)16(4,5)6-8-19-10-17(18)7-9-20(14(23)24)11(17)12(19)21/h11H,6-10H2,1-5H3,(H,23,24). The van der Waals surface area contributed by atoms with Gasteiger partial charge in [-0.1, -0.05) is 0 Å². The van der Waals surface area contributed by atoms with Gasteiger partial charge in [-0.05, 0) is 41.0 Å². The highest BCUT2D eigenvalue weighted by Gasteiger charge is 2.60. The van der Waals surface area contributed by atoms with Gasteiger partial charge >= 0.3 is 12.1 Å². The van der Waals surface area contributed by atoms with E-state index in [1.165, 1.54) is 4.90 Å². The average molecular weight is 358 g/mol. The molecule has 0 spiro atoms. The second-order valence-corrected chi connectivity index (χ2v) is 8.56. The molecule has 0 aliphatic carbocycles. The number of alkyl halides is 1. The van der Waals surface area contributed by atoms with Gasteiger partial charge in [-0.3, -0.25) is 14.5 Å². The van der Waals surface area contributed by atoms with Crippen molar-refractivity contribution in [1.29, 1.82) is 0 Å². The fourth-order valence-electron chi connectivity index (χ4n) is 3.27. The first-order valence-electron chi connectivity index (χ1n) is 8.48. The van der Waals surface area contributed by atoms with E-state index in [1.807, 2.05) is 0 Å². The zero-order valence-electron chi connectivity index (χ0n) is 15.5. The van der Waals surface area contributed by atoms with Crippen molar-refractivity contribution >= 4 is 18.0 Å². The third kappa shape index (κ3) is 3.88. The van der Waals surface area contributed by atoms with Gasteiger partial charge in [-0.25, -0.2) is 9.18 Å². The van der Waals surface area contributed by atoms with E-state index in [-0.39, 0.29) is 32.0 Å². The predicted molar refractivity (Wildman–Crippen MR) is 87.8 cm³/mol. The maximum atomic E-state index is 15.0. The number of hydrogen-bond acceptors (Lipinski definition) is 4. The number of ether oxygens (including phenoxy) is 1. The second-order valence-electron chi connectivity index (χ2n) is 8.56. The van der Waals surface area contributed by atoms with Gasteiger partial charge < -0.3 is 14.7 Å². The number of carbonyl (C=O) groups is 3. The van der Waals surface area contributed by atoms with Crippen molar-refractivity contribution in [2.24, 2.45) is 5.41 Å². The van der Waals surface area contributed by atoms with Gasteiger partial charge in [0.2, 0.25) is 5.91 Å². The predicted octanol–water partition coefficient (Wildman–Crippen LogP) is 2.05. The van der Waals surface area contributed by atoms with Crippen LogP contribution in [-0.2, 0) is 14.3 Å². The van der Waals surface area contributed by atoms with Crippen LogP contribution in [0.1, 0.15) is 47.5 Å². The van der Waals surface area contributed by atoms with Crippen molar-refractivity contribution in [3.05, 3.63) is 0 Å². The van der Waals surface area contributed by atoms with Crippen LogP contribution in [0, 0.1) is 5.41 Å². The first kappa shape index (κ1) is 19.5. The Morgan fingerprint density at radius 3 is 2.44 bits per heavy atom. The molecule has 0 saturated carbocycles. The summed E-state index contributed by atoms with van der Waals surface area (Å²) in [5.74, 6) is -0.906. The van der Waals surface area contributed by atoms with E-state index in [0.717, 1.165) is 4.90 Å². The van der Waals surface area contributed by atoms with E-state index in [9.17, 15) is 18.8 Å². The van der Waals surface area contributed by atoms with E-state index >= 15 is 0 Å². The SMILES string of the molecule is CC(C)(C)OC(=O)C(C)(C)CCN1CC2(F)CCN(C(=O)O)C2C1=O. The number of hydrogen-bond donors (Lipinski definition) is 1. The summed E-state index contributed by atoms with van der Waals surface area (Å²) >= 11 is 0. The first-order valence-corrected chi connectivity index (χ1v) is 8.48. The number of esters is 1. The molecule has 2 amide bonds. The van der Waals surface area contributed by atoms with Crippen molar-refractivity contribution in [2.45, 2.75) is 64.8 Å². The van der Waals surface area contributed by atoms with Crippen molar-refractivity contribution in [1.82, 2.24) is 9.80 Å². The summed E-state index contributed by atoms with van der Waals surface area (Å²) in [6, 6.07) is -1.27. The Hall–Kier alpha value is -1.86. The van der Waals surface area contributed by atoms with Crippen molar-refractivity contribution in [3.8, 4) is 0 Å². The number of nitrogens with zero attached hydrogens (tertiary/aromatic N) is 2. The molecule has 0 radical (unpaired) electrons. The van der Waals surface area contributed by atoms with Crippen molar-refractivity contribution < 1.29 is 28.6 Å². The smallest absolute Gasteiger partial charge is 0.408 e. The molecule has 2 fully saturated rings. The Morgan fingerprint density at radius 2 is 1.92 bits per heavy atom. The lowest BCUT2D eigenvalue weighted by Gasteiger charge is -2.30. The summed E-state index contributed by atoms with van der Waals surface area (Å²) in [5.41, 5.74) is -3.29. The van der Waals surface area contributed by atoms with Crippen LogP contribution in [0.5, 0.6) is 0 Å². The molecule has 7 nitrogen and oxygen atoms in total. The molecule has 2 heterocycles. The third-order valence-corrected chi connectivity index (χ3v) is 4.77. The van der Waals surface area contributed by atoms with E-state index in [1.54, 1.807) is 34.6 Å². The molecule has 0 aromatic carbocycles. The Morgan fingerprint density at radius 1 is 1.32 bits per heavy atom. The van der Waals surface area contributed by atoms with Crippen LogP contribution >= 0.6 is 0 Å². The fourth-order valence-corrected chi connectivity index (χ4v) is 3.27. The van der Waals surface area contributed by atoms with Crippen LogP contribution in [0.3, 0.4) is 0 Å². The Balaban J connectivity index is 2.02. The monoisotopic (exact) mass is 358 g/mol. The minimum atomic E-state index is -1.84. The topological polar surface area (TPSA) is 87.2 Å². The van der Waals surface area contributed by atoms with Crippen LogP contribution in [-0.4, -0.2) is 69.8 Å². The number of fused-ring (bicyclic) bond motifs is 1. The highest BCUT2D eigenvalue weighted by molar-refractivity contribution is 5.90. The van der Waals surface area contributed by atoms with Crippen molar-refractivity contribution in [2.75, 3.05) is 19.6 Å². The fraction of sp³-hybridized carbons (Fsp3) is 0.824. The molecule has 1 N–H and O–H groups in total. The minimum absolute atomic E-state index is 0.0155. The Labute approximate surface area is 147 Å². The molecule has 142 valence electrons. The van der Waals surface area contributed by atoms with Crippen LogP contribution in [0.2, 0.25) is 0 Å². The second kappa shape index (κ2) is 6.14. The molecule has 25 heavy (non-hydrogen) atoms. The molecule has 0 bridgehead atoms. The summed E-state index contributed by atoms with van der Waals surface area (Å²) in [7, 11) is 0. The van der Waals surface area contributed by atoms with E-state index in [2.05, 4.69) is 0 Å². The molecule has 0 aromatic heterocycles. The molecule has 2 aliphatic heterocycles. The Bertz CT molecular complexity index is 586. The molecule has 2 unspecified atom stereocenters. The summed E-state index contributed by atoms with van der Waals surface area (Å²) in [4.78, 5) is 38.2. The number of halogens is 1. The van der Waals surface area contributed by atoms with E-state index < -0.39 is 34.7 Å². The minimum Gasteiger partial charge on any atom is -0.465 e. The van der Waals surface area contributed by atoms with Crippen LogP contribution in [0.15, 0.2) is 0 Å². The summed E-state index contributed by atoms with van der Waals surface area (Å²) in [6.45, 7) is 8.85. The number of carbonyl (C=O) groups excluding carboxylic acids is 2. The van der Waals surface area contributed by atoms with E-state index in [0.29, 0.717) is 6.42 Å². The zero-order chi connectivity index (χ0) is 19.2. The van der Waals surface area contributed by atoms with Crippen molar-refractivity contribution in [3.63, 3.8) is 0 Å². The quantitative estimate of drug-likeness (QED) is 0.777. The van der Waals surface area contributed by atoms with E-state index in [4.69, 9.17) is 9.84 Å². The highest BCUT2D eigenvalue weighted by atomic mass is 19.1. The van der Waals surface area contributed by atoms with Crippen LogP contribution in [0.25, 0.3) is 0 Å². The Kier molecular flexibility index (Phi) is 4.78. The molecular weight excluding hydrogens is 331 g/mol. The molecule has 2 saturated heterocycles. The first-order chi connectivity index (χ1) is 11.3. The molecular formula is C17H27FN2O5. The molecule has 2 rings (SSSR count). The summed E-state index contributed by atoms with van der Waals surface area (Å²) in [5, 5.41) is 9.15. The number of carboxylic acid groups (broad SMARTS) is 1. The lowest BCUT2D eigenvalue weighted by molar-refractivity contribution is -0.166. The van der Waals surface area contributed by atoms with Gasteiger partial charge in [0.05, 0.1) is 12.0 Å². The van der Waals surface area contributed by atoms with Gasteiger partial charge in [0.25, 0.3) is 0 Å². The number of rotatable bonds is 4. The molecule has 0 aromatic rings. The highest BCUT2D eigenvalue weighted by Crippen LogP contribution is 2.40. The maximum absolute atomic E-state index is 15.0. The maximum Gasteiger partial charge on any atom is 0.408 e. The largest absolute Gasteiger partial charge is 0.465 e. The number of likely N-dealkylation sites (tertiary alicyclic amines) is 2. The molecule has 2 aliphatic rings. The lowest BCUT2D eigenvalue weighted by Crippen LogP contribution is -2.46. The summed E-state index contributed by atoms with van der Waals surface area (Å²) < 4.78 is 20.3. The van der Waals surface area contributed by atoms with Crippen LogP contribution in [0.4, 0.5) is 9.18 Å².